The van der Waals surface area contributed by atoms with Crippen molar-refractivity contribution in [1.82, 2.24) is 19.4 Å². The summed E-state index contributed by atoms with van der Waals surface area (Å²) in [6.45, 7) is 4.52. The molecule has 0 unspecified atom stereocenters. The minimum atomic E-state index is -0.283. The lowest BCUT2D eigenvalue weighted by molar-refractivity contribution is -0.128. The van der Waals surface area contributed by atoms with Gasteiger partial charge in [-0.1, -0.05) is 17.7 Å². The number of fused-ring (bicyclic) bond motifs is 1. The highest BCUT2D eigenvalue weighted by Crippen LogP contribution is 2.36. The maximum atomic E-state index is 13.5. The summed E-state index contributed by atoms with van der Waals surface area (Å²) >= 11 is 6.42. The molecule has 3 aliphatic heterocycles. The summed E-state index contributed by atoms with van der Waals surface area (Å²) in [6, 6.07) is 12.9. The van der Waals surface area contributed by atoms with Crippen molar-refractivity contribution in [3.8, 4) is 22.6 Å². The van der Waals surface area contributed by atoms with Gasteiger partial charge in [0.15, 0.2) is 11.5 Å². The monoisotopic (exact) mass is 711 g/mol. The molecule has 51 heavy (non-hydrogen) atoms. The predicted octanol–water partition coefficient (Wildman–Crippen LogP) is 5.35. The Morgan fingerprint density at radius 3 is 2.45 bits per heavy atom. The molecule has 266 valence electrons. The number of ether oxygens (including phenoxy) is 2. The van der Waals surface area contributed by atoms with Gasteiger partial charge >= 0.3 is 0 Å². The zero-order valence-electron chi connectivity index (χ0n) is 29.0. The molecule has 0 N–H and O–H groups in total. The van der Waals surface area contributed by atoms with Gasteiger partial charge in [0.25, 0.3) is 11.5 Å². The van der Waals surface area contributed by atoms with Crippen LogP contribution in [0.15, 0.2) is 65.8 Å². The van der Waals surface area contributed by atoms with Crippen LogP contribution in [0.5, 0.6) is 11.5 Å². The number of rotatable bonds is 8. The number of anilines is 1. The summed E-state index contributed by atoms with van der Waals surface area (Å²) in [6.07, 6.45) is 9.07. The number of methoxy groups -OCH3 is 1. The van der Waals surface area contributed by atoms with Crippen LogP contribution >= 0.6 is 11.6 Å². The molecule has 5 heterocycles. The van der Waals surface area contributed by atoms with Crippen LogP contribution in [-0.2, 0) is 16.6 Å². The fourth-order valence-corrected chi connectivity index (χ4v) is 7.77. The van der Waals surface area contributed by atoms with Crippen LogP contribution in [0.2, 0.25) is 5.02 Å². The zero-order chi connectivity index (χ0) is 35.6. The molecule has 0 radical (unpaired) electrons. The minimum Gasteiger partial charge on any atom is -0.493 e. The number of amides is 2. The summed E-state index contributed by atoms with van der Waals surface area (Å²) in [5, 5.41) is 1.81. The third-order valence-corrected chi connectivity index (χ3v) is 10.8. The molecule has 4 aromatic rings. The number of benzene rings is 2. The van der Waals surface area contributed by atoms with Gasteiger partial charge in [0, 0.05) is 82.5 Å². The number of carbonyl (C=O) groups is 3. The number of nitrogens with zero attached hydrogens (tertiary/aromatic N) is 5. The summed E-state index contributed by atoms with van der Waals surface area (Å²) in [4.78, 5) is 60.4. The number of carbonyl (C=O) groups excluding carboxylic acids is 3. The molecule has 3 saturated heterocycles. The van der Waals surface area contributed by atoms with Gasteiger partial charge in [-0.05, 0) is 78.9 Å². The summed E-state index contributed by atoms with van der Waals surface area (Å²) in [7, 11) is 3.39. The van der Waals surface area contributed by atoms with Crippen molar-refractivity contribution >= 4 is 45.7 Å². The molecule has 0 saturated carbocycles. The highest BCUT2D eigenvalue weighted by molar-refractivity contribution is 6.34. The highest BCUT2D eigenvalue weighted by Gasteiger charge is 2.30. The summed E-state index contributed by atoms with van der Waals surface area (Å²) < 4.78 is 13.8. The Bertz CT molecular complexity index is 2030. The van der Waals surface area contributed by atoms with Crippen LogP contribution in [0.1, 0.15) is 48.9 Å². The van der Waals surface area contributed by atoms with Gasteiger partial charge in [-0.3, -0.25) is 24.2 Å². The lowest BCUT2D eigenvalue weighted by Gasteiger charge is -2.38. The SMILES string of the molecule is COc1cc(-c2cn(C)c(=O)c3cnccc23)ccc1OC1CCN(CC2CCN(C(=O)c3ccc(Cl)c(N4CCC(=O)CC4=O)c3)CC2)CC1. The Kier molecular flexibility index (Phi) is 10.1. The van der Waals surface area contributed by atoms with E-state index in [1.165, 1.54) is 4.90 Å². The van der Waals surface area contributed by atoms with Gasteiger partial charge in [-0.15, -0.1) is 0 Å². The number of hydrogen-bond donors (Lipinski definition) is 0. The van der Waals surface area contributed by atoms with Crippen molar-refractivity contribution in [1.29, 1.82) is 0 Å². The van der Waals surface area contributed by atoms with E-state index in [1.54, 1.807) is 49.3 Å². The molecule has 2 amide bonds. The second-order valence-corrected chi connectivity index (χ2v) is 14.2. The first-order valence-corrected chi connectivity index (χ1v) is 18.0. The standard InChI is InChI=1S/C39H42ClN5O6/c1-42-24-32(30-7-13-41-22-31(30)39(42)49)26-4-6-35(36(20-26)50-2)51-29-11-14-43(15-12-29)23-25-8-16-44(17-9-25)38(48)27-3-5-33(40)34(19-27)45-18-10-28(46)21-37(45)47/h3-7,13,19-20,22,24-25,29H,8-12,14-18,21,23H2,1-2H3. The minimum absolute atomic E-state index is 0.0617. The molecule has 3 aliphatic rings. The van der Waals surface area contributed by atoms with E-state index in [0.29, 0.717) is 52.2 Å². The van der Waals surface area contributed by atoms with Crippen molar-refractivity contribution in [2.45, 2.75) is 44.6 Å². The number of halogens is 1. The predicted molar refractivity (Wildman–Crippen MR) is 196 cm³/mol. The number of ketones is 1. The Hall–Kier alpha value is -4.74. The van der Waals surface area contributed by atoms with Gasteiger partial charge in [0.05, 0.1) is 29.6 Å². The van der Waals surface area contributed by atoms with Crippen LogP contribution in [0, 0.1) is 5.92 Å². The Morgan fingerprint density at radius 2 is 1.71 bits per heavy atom. The van der Waals surface area contributed by atoms with E-state index in [0.717, 1.165) is 61.8 Å². The molecule has 3 fully saturated rings. The van der Waals surface area contributed by atoms with E-state index in [2.05, 4.69) is 9.88 Å². The first kappa shape index (κ1) is 34.7. The van der Waals surface area contributed by atoms with Crippen molar-refractivity contribution < 1.29 is 23.9 Å². The van der Waals surface area contributed by atoms with Crippen LogP contribution < -0.4 is 19.9 Å². The van der Waals surface area contributed by atoms with Crippen molar-refractivity contribution in [2.75, 3.05) is 51.3 Å². The van der Waals surface area contributed by atoms with Gasteiger partial charge in [-0.25, -0.2) is 0 Å². The fraction of sp³-hybridized carbons (Fsp3) is 0.410. The third-order valence-electron chi connectivity index (χ3n) is 10.5. The Balaban J connectivity index is 0.909. The molecule has 7 rings (SSSR count). The number of hydrogen-bond acceptors (Lipinski definition) is 8. The normalized spacial score (nSPS) is 18.0. The second kappa shape index (κ2) is 14.9. The lowest BCUT2D eigenvalue weighted by atomic mass is 9.94. The second-order valence-electron chi connectivity index (χ2n) is 13.8. The van der Waals surface area contributed by atoms with Crippen LogP contribution in [0.4, 0.5) is 5.69 Å². The molecule has 0 aliphatic carbocycles. The largest absolute Gasteiger partial charge is 0.493 e. The van der Waals surface area contributed by atoms with Crippen molar-refractivity contribution in [2.24, 2.45) is 13.0 Å². The molecule has 11 nitrogen and oxygen atoms in total. The molecule has 2 aromatic heterocycles. The number of pyridine rings is 2. The zero-order valence-corrected chi connectivity index (χ0v) is 29.7. The van der Waals surface area contributed by atoms with Crippen LogP contribution in [0.25, 0.3) is 21.9 Å². The third kappa shape index (κ3) is 7.36. The van der Waals surface area contributed by atoms with E-state index in [-0.39, 0.29) is 48.6 Å². The quantitative estimate of drug-likeness (QED) is 0.225. The summed E-state index contributed by atoms with van der Waals surface area (Å²) in [5.74, 6) is 1.45. The first-order chi connectivity index (χ1) is 24.7. The van der Waals surface area contributed by atoms with Gasteiger partial charge in [0.1, 0.15) is 11.9 Å². The topological polar surface area (TPSA) is 114 Å². The van der Waals surface area contributed by atoms with Crippen LogP contribution in [0.3, 0.4) is 0 Å². The Labute approximate surface area is 301 Å². The van der Waals surface area contributed by atoms with Crippen molar-refractivity contribution in [3.63, 3.8) is 0 Å². The van der Waals surface area contributed by atoms with E-state index >= 15 is 0 Å². The average Bonchev–Trinajstić information content (AvgIpc) is 3.14. The summed E-state index contributed by atoms with van der Waals surface area (Å²) in [5.41, 5.74) is 2.76. The number of aromatic nitrogens is 2. The van der Waals surface area contributed by atoms with E-state index in [1.807, 2.05) is 35.4 Å². The fourth-order valence-electron chi connectivity index (χ4n) is 7.55. The molecule has 2 aromatic carbocycles. The van der Waals surface area contributed by atoms with E-state index in [9.17, 15) is 19.2 Å². The number of likely N-dealkylation sites (tertiary alicyclic amines) is 2. The maximum Gasteiger partial charge on any atom is 0.259 e. The first-order valence-electron chi connectivity index (χ1n) is 17.6. The molecule has 12 heteroatoms. The van der Waals surface area contributed by atoms with Gasteiger partial charge in [0.2, 0.25) is 5.91 Å². The van der Waals surface area contributed by atoms with E-state index in [4.69, 9.17) is 21.1 Å². The van der Waals surface area contributed by atoms with Crippen molar-refractivity contribution in [3.05, 3.63) is 82.0 Å². The molecular formula is C39H42ClN5O6. The molecular weight excluding hydrogens is 670 g/mol. The molecule has 0 spiro atoms. The highest BCUT2D eigenvalue weighted by atomic mass is 35.5. The average molecular weight is 712 g/mol. The molecule has 0 atom stereocenters. The molecule has 0 bridgehead atoms. The van der Waals surface area contributed by atoms with E-state index < -0.39 is 0 Å². The number of aryl methyl sites for hydroxylation is 1. The lowest BCUT2D eigenvalue weighted by Crippen LogP contribution is -2.44. The number of Topliss-reactive ketones (excluding diaryl/α,β-unsaturated/α-hetero) is 1. The Morgan fingerprint density at radius 1 is 0.922 bits per heavy atom. The smallest absolute Gasteiger partial charge is 0.259 e. The van der Waals surface area contributed by atoms with Gasteiger partial charge in [-0.2, -0.15) is 0 Å². The number of piperidine rings is 3. The maximum absolute atomic E-state index is 13.5. The van der Waals surface area contributed by atoms with Crippen LogP contribution in [-0.4, -0.2) is 89.4 Å². The van der Waals surface area contributed by atoms with Gasteiger partial charge < -0.3 is 28.7 Å².